The summed E-state index contributed by atoms with van der Waals surface area (Å²) in [5, 5.41) is 3.43. The van der Waals surface area contributed by atoms with Crippen molar-refractivity contribution in [3.8, 4) is 11.5 Å². The van der Waals surface area contributed by atoms with Crippen LogP contribution in [0.1, 0.15) is 26.7 Å². The standard InChI is InChI=1S/C20H31N3O3.HI/c1-4-21-19(23-10-8-20(14-23)9-11-25-15-20)22-13-16(2)26-18-7-5-6-17(12-18)24-3;/h5-7,12,16H,4,8-11,13-15H2,1-3H3,(H,21,22);1H. The lowest BCUT2D eigenvalue weighted by Gasteiger charge is -2.25. The van der Waals surface area contributed by atoms with Crippen LogP contribution in [0.25, 0.3) is 0 Å². The quantitative estimate of drug-likeness (QED) is 0.378. The fraction of sp³-hybridized carbons (Fsp3) is 0.650. The van der Waals surface area contributed by atoms with Crippen LogP contribution in [-0.2, 0) is 4.74 Å². The lowest BCUT2D eigenvalue weighted by Crippen LogP contribution is -2.42. The van der Waals surface area contributed by atoms with E-state index in [0.29, 0.717) is 12.0 Å². The molecule has 3 rings (SSSR count). The Morgan fingerprint density at radius 1 is 1.37 bits per heavy atom. The van der Waals surface area contributed by atoms with Crippen LogP contribution >= 0.6 is 24.0 Å². The number of likely N-dealkylation sites (tertiary alicyclic amines) is 1. The maximum absolute atomic E-state index is 5.99. The van der Waals surface area contributed by atoms with E-state index in [1.807, 2.05) is 31.2 Å². The van der Waals surface area contributed by atoms with Gasteiger partial charge in [-0.3, -0.25) is 0 Å². The van der Waals surface area contributed by atoms with Gasteiger partial charge in [0.25, 0.3) is 0 Å². The van der Waals surface area contributed by atoms with Gasteiger partial charge in [0.2, 0.25) is 0 Å². The predicted octanol–water partition coefficient (Wildman–Crippen LogP) is 3.16. The molecule has 1 aromatic rings. The summed E-state index contributed by atoms with van der Waals surface area (Å²) in [7, 11) is 1.66. The maximum Gasteiger partial charge on any atom is 0.194 e. The summed E-state index contributed by atoms with van der Waals surface area (Å²) >= 11 is 0. The van der Waals surface area contributed by atoms with Gasteiger partial charge >= 0.3 is 0 Å². The number of hydrogen-bond acceptors (Lipinski definition) is 4. The van der Waals surface area contributed by atoms with Crippen LogP contribution in [0.5, 0.6) is 11.5 Å². The second-order valence-corrected chi connectivity index (χ2v) is 7.28. The zero-order valence-electron chi connectivity index (χ0n) is 16.6. The molecule has 7 heteroatoms. The van der Waals surface area contributed by atoms with Gasteiger partial charge in [-0.05, 0) is 38.8 Å². The number of nitrogens with zero attached hydrogens (tertiary/aromatic N) is 2. The molecular weight excluding hydrogens is 457 g/mol. The number of rotatable bonds is 6. The smallest absolute Gasteiger partial charge is 0.194 e. The third-order valence-electron chi connectivity index (χ3n) is 5.13. The van der Waals surface area contributed by atoms with Crippen molar-refractivity contribution < 1.29 is 14.2 Å². The summed E-state index contributed by atoms with van der Waals surface area (Å²) in [6, 6.07) is 7.68. The topological polar surface area (TPSA) is 55.3 Å². The molecule has 0 aromatic heterocycles. The Morgan fingerprint density at radius 3 is 2.89 bits per heavy atom. The average Bonchev–Trinajstić information content (AvgIpc) is 3.29. The zero-order chi connectivity index (χ0) is 18.4. The highest BCUT2D eigenvalue weighted by Gasteiger charge is 2.42. The number of methoxy groups -OCH3 is 1. The van der Waals surface area contributed by atoms with Crippen LogP contribution in [0.15, 0.2) is 29.3 Å². The first-order chi connectivity index (χ1) is 12.6. The van der Waals surface area contributed by atoms with Crippen LogP contribution in [0.4, 0.5) is 0 Å². The predicted molar refractivity (Wildman–Crippen MR) is 119 cm³/mol. The average molecular weight is 489 g/mol. The molecule has 2 aliphatic rings. The summed E-state index contributed by atoms with van der Waals surface area (Å²) < 4.78 is 16.9. The lowest BCUT2D eigenvalue weighted by molar-refractivity contribution is 0.156. The SMILES string of the molecule is CCNC(=NCC(C)Oc1cccc(OC)c1)N1CCC2(CCOC2)C1.I. The Balaban J connectivity index is 0.00000261. The third kappa shape index (κ3) is 5.88. The van der Waals surface area contributed by atoms with Crippen molar-refractivity contribution in [3.63, 3.8) is 0 Å². The van der Waals surface area contributed by atoms with Gasteiger partial charge in [0.15, 0.2) is 5.96 Å². The Bertz CT molecular complexity index is 620. The number of halogens is 1. The van der Waals surface area contributed by atoms with Crippen LogP contribution in [0, 0.1) is 5.41 Å². The van der Waals surface area contributed by atoms with Gasteiger partial charge < -0.3 is 24.4 Å². The molecule has 2 heterocycles. The summed E-state index contributed by atoms with van der Waals surface area (Å²) in [5.41, 5.74) is 0.332. The third-order valence-corrected chi connectivity index (χ3v) is 5.13. The van der Waals surface area contributed by atoms with Crippen molar-refractivity contribution in [1.82, 2.24) is 10.2 Å². The molecule has 0 amide bonds. The van der Waals surface area contributed by atoms with Crippen molar-refractivity contribution in [3.05, 3.63) is 24.3 Å². The molecule has 0 radical (unpaired) electrons. The molecule has 2 fully saturated rings. The highest BCUT2D eigenvalue weighted by atomic mass is 127. The highest BCUT2D eigenvalue weighted by Crippen LogP contribution is 2.38. The van der Waals surface area contributed by atoms with E-state index in [1.54, 1.807) is 7.11 Å². The first-order valence-electron chi connectivity index (χ1n) is 9.56. The molecule has 0 aliphatic carbocycles. The molecule has 2 unspecified atom stereocenters. The second-order valence-electron chi connectivity index (χ2n) is 7.28. The minimum atomic E-state index is -0.0119. The number of guanidine groups is 1. The van der Waals surface area contributed by atoms with Crippen molar-refractivity contribution >= 4 is 29.9 Å². The lowest BCUT2D eigenvalue weighted by atomic mass is 9.87. The molecule has 27 heavy (non-hydrogen) atoms. The maximum atomic E-state index is 5.99. The van der Waals surface area contributed by atoms with Crippen LogP contribution in [0.2, 0.25) is 0 Å². The van der Waals surface area contributed by atoms with E-state index in [0.717, 1.165) is 56.7 Å². The Hall–Kier alpha value is -1.22. The molecule has 2 aliphatic heterocycles. The van der Waals surface area contributed by atoms with Gasteiger partial charge in [-0.1, -0.05) is 6.07 Å². The molecule has 0 bridgehead atoms. The minimum absolute atomic E-state index is 0. The van der Waals surface area contributed by atoms with E-state index in [9.17, 15) is 0 Å². The first-order valence-corrected chi connectivity index (χ1v) is 9.56. The number of aliphatic imine (C=N–C) groups is 1. The number of ether oxygens (including phenoxy) is 3. The molecule has 6 nitrogen and oxygen atoms in total. The molecular formula is C20H32IN3O3. The van der Waals surface area contributed by atoms with Gasteiger partial charge in [-0.15, -0.1) is 24.0 Å². The van der Waals surface area contributed by atoms with Crippen LogP contribution in [0.3, 0.4) is 0 Å². The fourth-order valence-electron chi connectivity index (χ4n) is 3.67. The number of benzene rings is 1. The minimum Gasteiger partial charge on any atom is -0.497 e. The fourth-order valence-corrected chi connectivity index (χ4v) is 3.67. The molecule has 2 atom stereocenters. The van der Waals surface area contributed by atoms with E-state index in [2.05, 4.69) is 17.1 Å². The van der Waals surface area contributed by atoms with E-state index in [-0.39, 0.29) is 30.1 Å². The molecule has 1 spiro atoms. The second kappa shape index (κ2) is 10.4. The van der Waals surface area contributed by atoms with Gasteiger partial charge in [-0.25, -0.2) is 4.99 Å². The Kier molecular flexibility index (Phi) is 8.47. The number of nitrogens with one attached hydrogen (secondary N) is 1. The molecule has 152 valence electrons. The largest absolute Gasteiger partial charge is 0.497 e. The first kappa shape index (κ1) is 22.1. The monoisotopic (exact) mass is 489 g/mol. The van der Waals surface area contributed by atoms with Crippen molar-refractivity contribution in [1.29, 1.82) is 0 Å². The Morgan fingerprint density at radius 2 is 2.19 bits per heavy atom. The summed E-state index contributed by atoms with van der Waals surface area (Å²) in [5.74, 6) is 2.59. The number of hydrogen-bond donors (Lipinski definition) is 1. The summed E-state index contributed by atoms with van der Waals surface area (Å²) in [6.07, 6.45) is 2.34. The van der Waals surface area contributed by atoms with Gasteiger partial charge in [0.05, 0.1) is 20.3 Å². The summed E-state index contributed by atoms with van der Waals surface area (Å²) in [6.45, 7) is 9.48. The molecule has 1 aromatic carbocycles. The van der Waals surface area contributed by atoms with Crippen LogP contribution in [-0.4, -0.2) is 63.5 Å². The van der Waals surface area contributed by atoms with E-state index < -0.39 is 0 Å². The summed E-state index contributed by atoms with van der Waals surface area (Å²) in [4.78, 5) is 7.19. The van der Waals surface area contributed by atoms with E-state index in [4.69, 9.17) is 19.2 Å². The Labute approximate surface area is 179 Å². The van der Waals surface area contributed by atoms with E-state index in [1.165, 1.54) is 6.42 Å². The normalized spacial score (nSPS) is 23.2. The van der Waals surface area contributed by atoms with E-state index >= 15 is 0 Å². The molecule has 1 N–H and O–H groups in total. The van der Waals surface area contributed by atoms with Crippen molar-refractivity contribution in [2.75, 3.05) is 46.5 Å². The zero-order valence-corrected chi connectivity index (χ0v) is 18.9. The van der Waals surface area contributed by atoms with Crippen molar-refractivity contribution in [2.24, 2.45) is 10.4 Å². The van der Waals surface area contributed by atoms with Crippen LogP contribution < -0.4 is 14.8 Å². The van der Waals surface area contributed by atoms with Gasteiger partial charge in [0.1, 0.15) is 17.6 Å². The van der Waals surface area contributed by atoms with Gasteiger partial charge in [-0.2, -0.15) is 0 Å². The molecule has 2 saturated heterocycles. The van der Waals surface area contributed by atoms with Crippen molar-refractivity contribution in [2.45, 2.75) is 32.8 Å². The highest BCUT2D eigenvalue weighted by molar-refractivity contribution is 14.0. The van der Waals surface area contributed by atoms with Gasteiger partial charge in [0, 0.05) is 37.7 Å². The molecule has 0 saturated carbocycles.